The summed E-state index contributed by atoms with van der Waals surface area (Å²) in [7, 11) is 0. The van der Waals surface area contributed by atoms with Gasteiger partial charge in [0, 0.05) is 24.9 Å². The van der Waals surface area contributed by atoms with Gasteiger partial charge in [0.25, 0.3) is 0 Å². The van der Waals surface area contributed by atoms with Gasteiger partial charge >= 0.3 is 0 Å². The first-order valence-corrected chi connectivity index (χ1v) is 8.79. The monoisotopic (exact) mass is 334 g/mol. The third kappa shape index (κ3) is 3.05. The molecule has 4 rings (SSSR count). The number of aromatic nitrogens is 1. The van der Waals surface area contributed by atoms with Crippen molar-refractivity contribution in [2.75, 3.05) is 13.2 Å². The van der Waals surface area contributed by atoms with Crippen LogP contribution in [0.5, 0.6) is 0 Å². The second kappa shape index (κ2) is 6.76. The lowest BCUT2D eigenvalue weighted by Gasteiger charge is -2.37. The summed E-state index contributed by atoms with van der Waals surface area (Å²) in [6.45, 7) is 1.58. The van der Waals surface area contributed by atoms with E-state index in [0.717, 1.165) is 18.4 Å². The van der Waals surface area contributed by atoms with E-state index in [0.29, 0.717) is 32.6 Å². The summed E-state index contributed by atoms with van der Waals surface area (Å²) in [4.78, 5) is 18.7. The summed E-state index contributed by atoms with van der Waals surface area (Å²) in [5, 5.41) is 0. The second-order valence-corrected chi connectivity index (χ2v) is 6.99. The number of nitrogens with zero attached hydrogens (tertiary/aromatic N) is 2. The van der Waals surface area contributed by atoms with E-state index in [4.69, 9.17) is 9.47 Å². The van der Waals surface area contributed by atoms with Gasteiger partial charge in [-0.2, -0.15) is 0 Å². The fourth-order valence-corrected chi connectivity index (χ4v) is 4.04. The molecule has 24 heavy (non-hydrogen) atoms. The highest BCUT2D eigenvalue weighted by Crippen LogP contribution is 2.37. The first-order valence-electron chi connectivity index (χ1n) is 8.79. The van der Waals surface area contributed by atoms with Gasteiger partial charge < -0.3 is 14.4 Å². The number of carbonyl (C=O) groups excluding carboxylic acids is 1. The van der Waals surface area contributed by atoms with E-state index >= 15 is 0 Å². The lowest BCUT2D eigenvalue weighted by Crippen LogP contribution is -2.51. The first kappa shape index (κ1) is 16.0. The Morgan fingerprint density at radius 1 is 1.42 bits per heavy atom. The summed E-state index contributed by atoms with van der Waals surface area (Å²) in [5.41, 5.74) is 1.01. The van der Waals surface area contributed by atoms with E-state index in [1.165, 1.54) is 0 Å². The molecule has 0 radical (unpaired) electrons. The van der Waals surface area contributed by atoms with Gasteiger partial charge in [0.15, 0.2) is 0 Å². The van der Waals surface area contributed by atoms with Crippen LogP contribution in [-0.4, -0.2) is 53.4 Å². The number of amides is 1. The largest absolute Gasteiger partial charge is 0.374 e. The van der Waals surface area contributed by atoms with Crippen molar-refractivity contribution in [2.45, 2.75) is 56.7 Å². The van der Waals surface area contributed by atoms with Crippen molar-refractivity contribution in [1.29, 1.82) is 0 Å². The minimum atomic E-state index is -0.809. The molecule has 3 fully saturated rings. The molecule has 1 amide bonds. The lowest BCUT2D eigenvalue weighted by molar-refractivity contribution is -0.145. The van der Waals surface area contributed by atoms with E-state index in [1.807, 2.05) is 17.0 Å². The van der Waals surface area contributed by atoms with Crippen molar-refractivity contribution in [3.05, 3.63) is 30.1 Å². The normalized spacial score (nSPS) is 35.4. The van der Waals surface area contributed by atoms with E-state index < -0.39 is 6.17 Å². The van der Waals surface area contributed by atoms with Gasteiger partial charge in [0.05, 0.1) is 25.4 Å². The van der Waals surface area contributed by atoms with Crippen LogP contribution in [0.25, 0.3) is 0 Å². The van der Waals surface area contributed by atoms with Gasteiger partial charge in [-0.15, -0.1) is 0 Å². The quantitative estimate of drug-likeness (QED) is 0.846. The SMILES string of the molecule is O=C(C1CC(F)C1)N1CCO[C@H]2CC[C@H]1[C@@H]2OCc1cccnc1. The summed E-state index contributed by atoms with van der Waals surface area (Å²) in [5.74, 6) is -0.0776. The topological polar surface area (TPSA) is 51.7 Å². The Hall–Kier alpha value is -1.53. The molecule has 130 valence electrons. The highest BCUT2D eigenvalue weighted by Gasteiger charge is 2.47. The highest BCUT2D eigenvalue weighted by molar-refractivity contribution is 5.80. The first-order chi connectivity index (χ1) is 11.7. The Morgan fingerprint density at radius 2 is 2.29 bits per heavy atom. The smallest absolute Gasteiger partial charge is 0.226 e. The van der Waals surface area contributed by atoms with Crippen LogP contribution < -0.4 is 0 Å². The van der Waals surface area contributed by atoms with Crippen LogP contribution in [-0.2, 0) is 20.9 Å². The second-order valence-electron chi connectivity index (χ2n) is 6.99. The summed E-state index contributed by atoms with van der Waals surface area (Å²) in [6.07, 6.45) is 5.18. The zero-order valence-corrected chi connectivity index (χ0v) is 13.6. The molecular formula is C18H23FN2O3. The molecule has 3 atom stereocenters. The molecule has 0 aromatic carbocycles. The Balaban J connectivity index is 1.44. The third-order valence-corrected chi connectivity index (χ3v) is 5.44. The molecule has 1 aromatic rings. The van der Waals surface area contributed by atoms with Crippen molar-refractivity contribution < 1.29 is 18.7 Å². The van der Waals surface area contributed by atoms with E-state index in [-0.39, 0.29) is 30.1 Å². The fraction of sp³-hybridized carbons (Fsp3) is 0.667. The molecule has 3 aliphatic rings. The summed E-state index contributed by atoms with van der Waals surface area (Å²) < 4.78 is 25.2. The van der Waals surface area contributed by atoms with Gasteiger partial charge in [0.1, 0.15) is 12.3 Å². The predicted molar refractivity (Wildman–Crippen MR) is 84.9 cm³/mol. The molecule has 0 N–H and O–H groups in total. The van der Waals surface area contributed by atoms with Crippen LogP contribution in [0.2, 0.25) is 0 Å². The Morgan fingerprint density at radius 3 is 3.04 bits per heavy atom. The lowest BCUT2D eigenvalue weighted by atomic mass is 9.82. The van der Waals surface area contributed by atoms with Crippen LogP contribution >= 0.6 is 0 Å². The maximum atomic E-state index is 13.1. The molecule has 1 aromatic heterocycles. The number of hydrogen-bond donors (Lipinski definition) is 0. The Labute approximate surface area is 141 Å². The molecule has 0 spiro atoms. The number of ether oxygens (including phenoxy) is 2. The minimum absolute atomic E-state index is 0.0415. The number of alkyl halides is 1. The van der Waals surface area contributed by atoms with E-state index in [1.54, 1.807) is 12.4 Å². The molecule has 0 unspecified atom stereocenters. The van der Waals surface area contributed by atoms with Crippen molar-refractivity contribution in [1.82, 2.24) is 9.88 Å². The number of hydrogen-bond acceptors (Lipinski definition) is 4. The van der Waals surface area contributed by atoms with Crippen LogP contribution in [0.4, 0.5) is 4.39 Å². The standard InChI is InChI=1S/C18H23FN2O3/c19-14-8-13(9-14)18(22)21-6-7-23-16-4-3-15(21)17(16)24-11-12-2-1-5-20-10-12/h1-2,5,10,13-17H,3-4,6-9,11H2/t13?,14?,15-,16-,17-/m0/s1. The fourth-order valence-electron chi connectivity index (χ4n) is 4.04. The molecule has 1 aliphatic heterocycles. The van der Waals surface area contributed by atoms with E-state index in [9.17, 15) is 9.18 Å². The molecule has 6 heteroatoms. The third-order valence-electron chi connectivity index (χ3n) is 5.44. The maximum absolute atomic E-state index is 13.1. The Bertz CT molecular complexity index is 579. The number of fused-ring (bicyclic) bond motifs is 2. The van der Waals surface area contributed by atoms with Gasteiger partial charge in [-0.3, -0.25) is 9.78 Å². The average molecular weight is 334 g/mol. The molecular weight excluding hydrogens is 311 g/mol. The summed E-state index contributed by atoms with van der Waals surface area (Å²) >= 11 is 0. The molecule has 5 nitrogen and oxygen atoms in total. The van der Waals surface area contributed by atoms with Crippen LogP contribution in [0, 0.1) is 5.92 Å². The van der Waals surface area contributed by atoms with Crippen LogP contribution in [0.1, 0.15) is 31.2 Å². The van der Waals surface area contributed by atoms with Crippen molar-refractivity contribution in [3.8, 4) is 0 Å². The van der Waals surface area contributed by atoms with Gasteiger partial charge in [-0.1, -0.05) is 6.07 Å². The van der Waals surface area contributed by atoms with Crippen LogP contribution in [0.3, 0.4) is 0 Å². The predicted octanol–water partition coefficient (Wildman–Crippen LogP) is 2.10. The minimum Gasteiger partial charge on any atom is -0.374 e. The number of halogens is 1. The molecule has 2 aliphatic carbocycles. The zero-order chi connectivity index (χ0) is 16.5. The van der Waals surface area contributed by atoms with Gasteiger partial charge in [-0.25, -0.2) is 4.39 Å². The molecule has 2 saturated carbocycles. The number of pyridine rings is 1. The van der Waals surface area contributed by atoms with Crippen molar-refractivity contribution in [3.63, 3.8) is 0 Å². The van der Waals surface area contributed by atoms with Crippen molar-refractivity contribution >= 4 is 5.91 Å². The highest BCUT2D eigenvalue weighted by atomic mass is 19.1. The van der Waals surface area contributed by atoms with E-state index in [2.05, 4.69) is 4.98 Å². The van der Waals surface area contributed by atoms with Crippen LogP contribution in [0.15, 0.2) is 24.5 Å². The van der Waals surface area contributed by atoms with Gasteiger partial charge in [0.2, 0.25) is 5.91 Å². The summed E-state index contributed by atoms with van der Waals surface area (Å²) in [6, 6.07) is 3.90. The molecule has 2 heterocycles. The maximum Gasteiger partial charge on any atom is 0.226 e. The van der Waals surface area contributed by atoms with Crippen molar-refractivity contribution in [2.24, 2.45) is 5.92 Å². The zero-order valence-electron chi connectivity index (χ0n) is 13.6. The Kier molecular flexibility index (Phi) is 4.50. The number of carbonyl (C=O) groups is 1. The van der Waals surface area contributed by atoms with Gasteiger partial charge in [-0.05, 0) is 37.3 Å². The average Bonchev–Trinajstić information content (AvgIpc) is 2.86. The molecule has 2 bridgehead atoms. The number of rotatable bonds is 4. The molecule has 1 saturated heterocycles.